The van der Waals surface area contributed by atoms with Crippen LogP contribution < -0.4 is 15.3 Å². The molecule has 1 heterocycles. The highest BCUT2D eigenvalue weighted by atomic mass is 16.3. The van der Waals surface area contributed by atoms with Crippen LogP contribution in [0.2, 0.25) is 0 Å². The molecule has 0 saturated carbocycles. The van der Waals surface area contributed by atoms with E-state index >= 15 is 0 Å². The molecule has 0 aliphatic carbocycles. The topological polar surface area (TPSA) is 107 Å². The first-order valence-corrected chi connectivity index (χ1v) is 8.99. The van der Waals surface area contributed by atoms with Crippen LogP contribution in [0.1, 0.15) is 32.7 Å². The number of aryl methyl sites for hydroxylation is 2. The van der Waals surface area contributed by atoms with Gasteiger partial charge in [-0.2, -0.15) is 0 Å². The fourth-order valence-corrected chi connectivity index (χ4v) is 2.68. The van der Waals surface area contributed by atoms with Crippen LogP contribution >= 0.6 is 0 Å². The average Bonchev–Trinajstić information content (AvgIpc) is 3.02. The van der Waals surface area contributed by atoms with Gasteiger partial charge in [0.05, 0.1) is 6.21 Å². The summed E-state index contributed by atoms with van der Waals surface area (Å²) in [5.74, 6) is -0.983. The summed E-state index contributed by atoms with van der Waals surface area (Å²) in [4.78, 5) is 29.7. The number of nitrogens with one attached hydrogen (secondary N) is 1. The van der Waals surface area contributed by atoms with E-state index in [0.717, 1.165) is 21.5 Å². The van der Waals surface area contributed by atoms with Crippen LogP contribution in [0.15, 0.2) is 63.4 Å². The first-order chi connectivity index (χ1) is 13.9. The zero-order valence-corrected chi connectivity index (χ0v) is 16.4. The van der Waals surface area contributed by atoms with Gasteiger partial charge in [0.2, 0.25) is 5.78 Å². The summed E-state index contributed by atoms with van der Waals surface area (Å²) in [5, 5.41) is 18.9. The molecule has 0 spiro atoms. The number of rotatable bonds is 6. The molecular formula is C21H21N5O3. The third kappa shape index (κ3) is 4.55. The smallest absolute Gasteiger partial charge is 0.427 e. The molecule has 1 aromatic heterocycles. The Morgan fingerprint density at radius 3 is 2.28 bits per heavy atom. The molecular weight excluding hydrogens is 370 g/mol. The molecule has 3 aromatic rings. The normalized spacial score (nSPS) is 11.9. The maximum absolute atomic E-state index is 12.6. The van der Waals surface area contributed by atoms with Crippen LogP contribution in [-0.4, -0.2) is 34.9 Å². The summed E-state index contributed by atoms with van der Waals surface area (Å²) in [6.07, 6.45) is 1.49. The number of benzene rings is 2. The lowest BCUT2D eigenvalue weighted by Gasteiger charge is -2.05. The number of hydrogen-bond donors (Lipinski definition) is 1. The Labute approximate surface area is 167 Å². The van der Waals surface area contributed by atoms with Crippen molar-refractivity contribution in [3.8, 4) is 0 Å². The van der Waals surface area contributed by atoms with Crippen molar-refractivity contribution >= 4 is 17.9 Å². The van der Waals surface area contributed by atoms with Gasteiger partial charge in [0, 0.05) is 23.3 Å². The van der Waals surface area contributed by atoms with Crippen LogP contribution in [0.3, 0.4) is 0 Å². The molecule has 2 aromatic carbocycles. The molecule has 0 unspecified atom stereocenters. The van der Waals surface area contributed by atoms with E-state index in [9.17, 15) is 14.7 Å². The molecule has 3 rings (SSSR count). The van der Waals surface area contributed by atoms with Crippen molar-refractivity contribution in [3.05, 3.63) is 86.8 Å². The van der Waals surface area contributed by atoms with E-state index in [1.807, 2.05) is 50.2 Å². The van der Waals surface area contributed by atoms with Crippen molar-refractivity contribution in [2.24, 2.45) is 10.1 Å². The molecule has 8 heteroatoms. The summed E-state index contributed by atoms with van der Waals surface area (Å²) in [5.41, 5.74) is 2.46. The minimum atomic E-state index is -0.729. The summed E-state index contributed by atoms with van der Waals surface area (Å²) < 4.78 is 1.17. The van der Waals surface area contributed by atoms with Gasteiger partial charge in [-0.15, -0.1) is 4.68 Å². The van der Waals surface area contributed by atoms with Gasteiger partial charge in [-0.25, -0.2) is 4.79 Å². The number of aromatic amines is 1. The third-order valence-corrected chi connectivity index (χ3v) is 4.36. The lowest BCUT2D eigenvalue weighted by Crippen LogP contribution is -2.48. The largest absolute Gasteiger partial charge is 0.856 e. The number of H-pyrrole nitrogens is 1. The number of aliphatic imine (C=N–C) groups is 1. The van der Waals surface area contributed by atoms with Crippen molar-refractivity contribution in [2.75, 3.05) is 7.05 Å². The minimum absolute atomic E-state index is 0.220. The maximum atomic E-state index is 12.6. The Balaban J connectivity index is 1.94. The predicted octanol–water partition coefficient (Wildman–Crippen LogP) is 0.583. The van der Waals surface area contributed by atoms with Gasteiger partial charge in [0.1, 0.15) is 0 Å². The summed E-state index contributed by atoms with van der Waals surface area (Å²) in [7, 11) is 1.29. The number of Topliss-reactive ketones (excluding diaryl/α,β-unsaturated/α-hetero) is 1. The number of hydrogen-bond acceptors (Lipinski definition) is 5. The molecule has 29 heavy (non-hydrogen) atoms. The first kappa shape index (κ1) is 19.9. The van der Waals surface area contributed by atoms with Gasteiger partial charge >= 0.3 is 5.56 Å². The second-order valence-electron chi connectivity index (χ2n) is 6.62. The molecule has 0 radical (unpaired) electrons. The quantitative estimate of drug-likeness (QED) is 0.287. The Morgan fingerprint density at radius 1 is 1.10 bits per heavy atom. The number of carbonyl (C=O) groups excluding carboxylic acids is 1. The highest BCUT2D eigenvalue weighted by Gasteiger charge is 2.24. The fourth-order valence-electron chi connectivity index (χ4n) is 2.68. The predicted molar refractivity (Wildman–Crippen MR) is 107 cm³/mol. The zero-order valence-electron chi connectivity index (χ0n) is 16.4. The second kappa shape index (κ2) is 8.47. The Kier molecular flexibility index (Phi) is 5.82. The Morgan fingerprint density at radius 2 is 1.69 bits per heavy atom. The lowest BCUT2D eigenvalue weighted by molar-refractivity contribution is -0.745. The molecule has 148 valence electrons. The number of ketones is 1. The Hall–Kier alpha value is -3.81. The molecule has 0 bridgehead atoms. The highest BCUT2D eigenvalue weighted by Crippen LogP contribution is 2.04. The van der Waals surface area contributed by atoms with E-state index < -0.39 is 11.5 Å². The standard InChI is InChI=1S/C21H21N5O3/c1-14-4-8-16(9-5-14)12-23-26-21(29)19(20(28)22-3)25(24-26)13-18(27)17-10-6-15(2)7-11-17/h4-12H,13H2,1-3H3,(H-,22,24,28,29)/b23-12+. The maximum Gasteiger partial charge on any atom is 0.427 e. The van der Waals surface area contributed by atoms with Gasteiger partial charge < -0.3 is 5.11 Å². The van der Waals surface area contributed by atoms with Gasteiger partial charge in [-0.05, 0) is 19.4 Å². The van der Waals surface area contributed by atoms with Gasteiger partial charge in [-0.3, -0.25) is 9.79 Å². The van der Waals surface area contributed by atoms with Crippen molar-refractivity contribution in [3.63, 3.8) is 0 Å². The van der Waals surface area contributed by atoms with Crippen LogP contribution in [-0.2, 0) is 6.54 Å². The SMILES string of the molecule is CN=C([O-])c1c(=O)n(/N=C/c2ccc(C)cc2)[nH][n+]1CC(=O)c1ccc(C)cc1. The monoisotopic (exact) mass is 391 g/mol. The van der Waals surface area contributed by atoms with Crippen molar-refractivity contribution < 1.29 is 14.6 Å². The van der Waals surface area contributed by atoms with Crippen molar-refractivity contribution in [1.29, 1.82) is 0 Å². The van der Waals surface area contributed by atoms with E-state index in [2.05, 4.69) is 15.3 Å². The van der Waals surface area contributed by atoms with E-state index in [1.165, 1.54) is 17.9 Å². The molecule has 8 nitrogen and oxygen atoms in total. The van der Waals surface area contributed by atoms with Crippen LogP contribution in [0.4, 0.5) is 0 Å². The summed E-state index contributed by atoms with van der Waals surface area (Å²) >= 11 is 0. The fraction of sp³-hybridized carbons (Fsp3) is 0.190. The van der Waals surface area contributed by atoms with Gasteiger partial charge in [0.25, 0.3) is 5.69 Å². The van der Waals surface area contributed by atoms with Gasteiger partial charge in [0.15, 0.2) is 6.54 Å². The molecule has 0 saturated heterocycles. The molecule has 0 fully saturated rings. The zero-order chi connectivity index (χ0) is 21.0. The van der Waals surface area contributed by atoms with E-state index in [1.54, 1.807) is 12.1 Å². The van der Waals surface area contributed by atoms with Crippen LogP contribution in [0.5, 0.6) is 0 Å². The number of nitrogens with zero attached hydrogens (tertiary/aromatic N) is 4. The van der Waals surface area contributed by atoms with Gasteiger partial charge in [-0.1, -0.05) is 70.0 Å². The molecule has 0 amide bonds. The van der Waals surface area contributed by atoms with Crippen LogP contribution in [0.25, 0.3) is 0 Å². The third-order valence-electron chi connectivity index (χ3n) is 4.36. The molecule has 0 atom stereocenters. The van der Waals surface area contributed by atoms with Crippen molar-refractivity contribution in [2.45, 2.75) is 20.4 Å². The molecule has 0 aliphatic heterocycles. The van der Waals surface area contributed by atoms with Crippen LogP contribution in [0, 0.1) is 13.8 Å². The molecule has 0 aliphatic rings. The van der Waals surface area contributed by atoms with E-state index in [-0.39, 0.29) is 18.0 Å². The van der Waals surface area contributed by atoms with E-state index in [0.29, 0.717) is 5.56 Å². The number of carbonyl (C=O) groups is 1. The summed E-state index contributed by atoms with van der Waals surface area (Å²) in [6.45, 7) is 3.67. The minimum Gasteiger partial charge on any atom is -0.856 e. The highest BCUT2D eigenvalue weighted by molar-refractivity contribution is 5.95. The number of aromatic nitrogens is 3. The lowest BCUT2D eigenvalue weighted by atomic mass is 10.1. The van der Waals surface area contributed by atoms with Crippen molar-refractivity contribution in [1.82, 2.24) is 10.0 Å². The Bertz CT molecular complexity index is 1140. The second-order valence-corrected chi connectivity index (χ2v) is 6.62. The molecule has 1 N–H and O–H groups in total. The van der Waals surface area contributed by atoms with E-state index in [4.69, 9.17) is 0 Å². The first-order valence-electron chi connectivity index (χ1n) is 8.99. The average molecular weight is 391 g/mol. The summed E-state index contributed by atoms with van der Waals surface area (Å²) in [6, 6.07) is 14.6.